The Morgan fingerprint density at radius 2 is 2.00 bits per heavy atom. The molecule has 0 aliphatic heterocycles. The summed E-state index contributed by atoms with van der Waals surface area (Å²) in [5.74, 6) is 1.56. The number of hydrogen-bond donors (Lipinski definition) is 3. The zero-order valence-electron chi connectivity index (χ0n) is 14.4. The number of aliphatic hydroxyl groups is 1. The molecular weight excluding hydrogens is 278 g/mol. The van der Waals surface area contributed by atoms with Crippen LogP contribution >= 0.6 is 0 Å². The summed E-state index contributed by atoms with van der Waals surface area (Å²) in [5.41, 5.74) is 1.96. The van der Waals surface area contributed by atoms with Crippen molar-refractivity contribution in [1.82, 2.24) is 10.6 Å². The van der Waals surface area contributed by atoms with Gasteiger partial charge in [-0.15, -0.1) is 0 Å². The molecule has 0 amide bonds. The summed E-state index contributed by atoms with van der Waals surface area (Å²) in [6.45, 7) is 12.0. The zero-order valence-corrected chi connectivity index (χ0v) is 14.4. The molecule has 0 aliphatic carbocycles. The zero-order chi connectivity index (χ0) is 16.6. The fourth-order valence-electron chi connectivity index (χ4n) is 1.90. The Balaban J connectivity index is 2.90. The van der Waals surface area contributed by atoms with E-state index in [2.05, 4.69) is 34.7 Å². The molecule has 5 nitrogen and oxygen atoms in total. The summed E-state index contributed by atoms with van der Waals surface area (Å²) in [4.78, 5) is 4.54. The van der Waals surface area contributed by atoms with Crippen LogP contribution in [0.15, 0.2) is 23.2 Å². The maximum absolute atomic E-state index is 8.91. The monoisotopic (exact) mass is 307 g/mol. The van der Waals surface area contributed by atoms with Gasteiger partial charge in [0.2, 0.25) is 0 Å². The number of aliphatic hydroxyl groups excluding tert-OH is 1. The molecule has 0 radical (unpaired) electrons. The number of hydrogen-bond acceptors (Lipinski definition) is 3. The number of benzene rings is 1. The van der Waals surface area contributed by atoms with Gasteiger partial charge in [0.25, 0.3) is 0 Å². The van der Waals surface area contributed by atoms with Gasteiger partial charge in [-0.05, 0) is 46.2 Å². The van der Waals surface area contributed by atoms with Crippen molar-refractivity contribution >= 4 is 5.96 Å². The van der Waals surface area contributed by atoms with E-state index >= 15 is 0 Å². The first-order valence-electron chi connectivity index (χ1n) is 7.77. The molecule has 22 heavy (non-hydrogen) atoms. The van der Waals surface area contributed by atoms with Crippen molar-refractivity contribution in [3.8, 4) is 5.75 Å². The first-order chi connectivity index (χ1) is 10.4. The molecule has 0 heterocycles. The Morgan fingerprint density at radius 3 is 2.59 bits per heavy atom. The Morgan fingerprint density at radius 1 is 1.27 bits per heavy atom. The first kappa shape index (κ1) is 18.3. The summed E-state index contributed by atoms with van der Waals surface area (Å²) in [6.07, 6.45) is 0. The maximum Gasteiger partial charge on any atom is 0.191 e. The van der Waals surface area contributed by atoms with Crippen molar-refractivity contribution in [2.45, 2.75) is 46.8 Å². The average Bonchev–Trinajstić information content (AvgIpc) is 2.41. The minimum absolute atomic E-state index is 0.0767. The van der Waals surface area contributed by atoms with E-state index in [4.69, 9.17) is 9.84 Å². The van der Waals surface area contributed by atoms with Crippen molar-refractivity contribution in [3.63, 3.8) is 0 Å². The molecule has 0 aromatic heterocycles. The van der Waals surface area contributed by atoms with Gasteiger partial charge in [0.1, 0.15) is 11.4 Å². The van der Waals surface area contributed by atoms with E-state index in [1.54, 1.807) is 0 Å². The molecule has 0 fully saturated rings. The highest BCUT2D eigenvalue weighted by molar-refractivity contribution is 5.79. The third kappa shape index (κ3) is 6.80. The van der Waals surface area contributed by atoms with Crippen molar-refractivity contribution in [2.24, 2.45) is 4.99 Å². The van der Waals surface area contributed by atoms with Crippen molar-refractivity contribution in [1.29, 1.82) is 0 Å². The lowest BCUT2D eigenvalue weighted by atomic mass is 10.1. The third-order valence-corrected chi connectivity index (χ3v) is 2.79. The van der Waals surface area contributed by atoms with Gasteiger partial charge in [0, 0.05) is 18.7 Å². The van der Waals surface area contributed by atoms with E-state index in [1.165, 1.54) is 0 Å². The van der Waals surface area contributed by atoms with E-state index < -0.39 is 0 Å². The Bertz CT molecular complexity index is 493. The van der Waals surface area contributed by atoms with Gasteiger partial charge in [0.15, 0.2) is 5.96 Å². The van der Waals surface area contributed by atoms with Crippen LogP contribution in [0.2, 0.25) is 0 Å². The minimum atomic E-state index is -0.244. The molecule has 0 bridgehead atoms. The standard InChI is InChI=1S/C17H29N3O2/c1-6-18-16(19-9-10-21)20-12-14-8-7-13(2)11-15(14)22-17(3,4)5/h7-8,11,21H,6,9-10,12H2,1-5H3,(H2,18,19,20). The third-order valence-electron chi connectivity index (χ3n) is 2.79. The molecule has 0 atom stereocenters. The molecule has 1 aromatic rings. The second kappa shape index (κ2) is 8.63. The fourth-order valence-corrected chi connectivity index (χ4v) is 1.90. The fraction of sp³-hybridized carbons (Fsp3) is 0.588. The van der Waals surface area contributed by atoms with Gasteiger partial charge in [-0.3, -0.25) is 0 Å². The quantitative estimate of drug-likeness (QED) is 0.557. The normalized spacial score (nSPS) is 12.2. The molecule has 0 aliphatic rings. The van der Waals surface area contributed by atoms with Gasteiger partial charge in [-0.25, -0.2) is 4.99 Å². The predicted molar refractivity (Wildman–Crippen MR) is 91.5 cm³/mol. The SMILES string of the molecule is CCNC(=NCc1ccc(C)cc1OC(C)(C)C)NCCO. The Kier molecular flexibility index (Phi) is 7.18. The van der Waals surface area contributed by atoms with E-state index in [0.717, 1.165) is 23.4 Å². The highest BCUT2D eigenvalue weighted by atomic mass is 16.5. The van der Waals surface area contributed by atoms with Crippen LogP contribution in [0.4, 0.5) is 0 Å². The van der Waals surface area contributed by atoms with Gasteiger partial charge in [-0.2, -0.15) is 0 Å². The van der Waals surface area contributed by atoms with E-state index in [0.29, 0.717) is 19.0 Å². The van der Waals surface area contributed by atoms with Crippen LogP contribution in [-0.4, -0.2) is 36.4 Å². The summed E-state index contributed by atoms with van der Waals surface area (Å²) < 4.78 is 6.04. The van der Waals surface area contributed by atoms with Crippen LogP contribution in [0.25, 0.3) is 0 Å². The topological polar surface area (TPSA) is 65.9 Å². The molecule has 0 saturated heterocycles. The molecule has 5 heteroatoms. The number of guanidine groups is 1. The lowest BCUT2D eigenvalue weighted by molar-refractivity contribution is 0.129. The molecule has 124 valence electrons. The highest BCUT2D eigenvalue weighted by Gasteiger charge is 2.14. The predicted octanol–water partition coefficient (Wildman–Crippen LogP) is 2.22. The molecular formula is C17H29N3O2. The Hall–Kier alpha value is -1.75. The summed E-state index contributed by atoms with van der Waals surface area (Å²) >= 11 is 0. The summed E-state index contributed by atoms with van der Waals surface area (Å²) in [6, 6.07) is 6.16. The number of aliphatic imine (C=N–C) groups is 1. The van der Waals surface area contributed by atoms with Crippen molar-refractivity contribution in [2.75, 3.05) is 19.7 Å². The number of nitrogens with one attached hydrogen (secondary N) is 2. The molecule has 0 saturated carbocycles. The second-order valence-electron chi connectivity index (χ2n) is 6.17. The summed E-state index contributed by atoms with van der Waals surface area (Å²) in [7, 11) is 0. The van der Waals surface area contributed by atoms with Crippen molar-refractivity contribution < 1.29 is 9.84 Å². The van der Waals surface area contributed by atoms with Gasteiger partial charge in [0.05, 0.1) is 13.2 Å². The van der Waals surface area contributed by atoms with E-state index in [1.807, 2.05) is 33.8 Å². The molecule has 0 spiro atoms. The number of aryl methyl sites for hydroxylation is 1. The molecule has 1 rings (SSSR count). The lowest BCUT2D eigenvalue weighted by Crippen LogP contribution is -2.38. The summed E-state index contributed by atoms with van der Waals surface area (Å²) in [5, 5.41) is 15.1. The Labute approximate surface area is 133 Å². The van der Waals surface area contributed by atoms with Crippen LogP contribution in [0.5, 0.6) is 5.75 Å². The second-order valence-corrected chi connectivity index (χ2v) is 6.17. The van der Waals surface area contributed by atoms with Gasteiger partial charge < -0.3 is 20.5 Å². The van der Waals surface area contributed by atoms with Crippen LogP contribution < -0.4 is 15.4 Å². The minimum Gasteiger partial charge on any atom is -0.488 e. The number of rotatable bonds is 6. The number of nitrogens with zero attached hydrogens (tertiary/aromatic N) is 1. The van der Waals surface area contributed by atoms with Crippen LogP contribution in [0.3, 0.4) is 0 Å². The lowest BCUT2D eigenvalue weighted by Gasteiger charge is -2.23. The van der Waals surface area contributed by atoms with Crippen LogP contribution in [0.1, 0.15) is 38.8 Å². The van der Waals surface area contributed by atoms with E-state index in [-0.39, 0.29) is 12.2 Å². The highest BCUT2D eigenvalue weighted by Crippen LogP contribution is 2.25. The molecule has 1 aromatic carbocycles. The smallest absolute Gasteiger partial charge is 0.191 e. The van der Waals surface area contributed by atoms with E-state index in [9.17, 15) is 0 Å². The average molecular weight is 307 g/mol. The molecule has 0 unspecified atom stereocenters. The van der Waals surface area contributed by atoms with Crippen molar-refractivity contribution in [3.05, 3.63) is 29.3 Å². The maximum atomic E-state index is 8.91. The van der Waals surface area contributed by atoms with Gasteiger partial charge in [-0.1, -0.05) is 12.1 Å². The largest absolute Gasteiger partial charge is 0.488 e. The van der Waals surface area contributed by atoms with Crippen LogP contribution in [-0.2, 0) is 6.54 Å². The van der Waals surface area contributed by atoms with Crippen LogP contribution in [0, 0.1) is 6.92 Å². The molecule has 3 N–H and O–H groups in total. The first-order valence-corrected chi connectivity index (χ1v) is 7.77. The number of ether oxygens (including phenoxy) is 1. The van der Waals surface area contributed by atoms with Gasteiger partial charge >= 0.3 is 0 Å².